The molecule has 21 heavy (non-hydrogen) atoms. The first-order valence-corrected chi connectivity index (χ1v) is 6.47. The smallest absolute Gasteiger partial charge is 0.412 e. The fourth-order valence-electron chi connectivity index (χ4n) is 1.70. The molecule has 0 spiro atoms. The van der Waals surface area contributed by atoms with E-state index in [4.69, 9.17) is 4.74 Å². The van der Waals surface area contributed by atoms with Gasteiger partial charge in [0.1, 0.15) is 0 Å². The maximum atomic E-state index is 11.9. The van der Waals surface area contributed by atoms with Crippen LogP contribution in [0.1, 0.15) is 0 Å². The molecule has 5 heteroatoms. The highest BCUT2D eigenvalue weighted by molar-refractivity contribution is 5.95. The molecule has 0 saturated carbocycles. The van der Waals surface area contributed by atoms with E-state index in [0.717, 1.165) is 5.69 Å². The summed E-state index contributed by atoms with van der Waals surface area (Å²) in [4.78, 5) is 24.9. The van der Waals surface area contributed by atoms with Gasteiger partial charge < -0.3 is 9.64 Å². The highest BCUT2D eigenvalue weighted by Crippen LogP contribution is 2.11. The van der Waals surface area contributed by atoms with Gasteiger partial charge in [0.05, 0.1) is 0 Å². The second-order valence-corrected chi connectivity index (χ2v) is 4.36. The van der Waals surface area contributed by atoms with Gasteiger partial charge in [-0.05, 0) is 24.3 Å². The van der Waals surface area contributed by atoms with Crippen LogP contribution in [0.5, 0.6) is 0 Å². The Morgan fingerprint density at radius 1 is 1.00 bits per heavy atom. The van der Waals surface area contributed by atoms with E-state index in [9.17, 15) is 9.59 Å². The van der Waals surface area contributed by atoms with Crippen molar-refractivity contribution >= 4 is 23.4 Å². The van der Waals surface area contributed by atoms with Crippen LogP contribution in [0, 0.1) is 0 Å². The van der Waals surface area contributed by atoms with E-state index >= 15 is 0 Å². The van der Waals surface area contributed by atoms with Gasteiger partial charge in [-0.2, -0.15) is 0 Å². The first-order valence-electron chi connectivity index (χ1n) is 6.47. The van der Waals surface area contributed by atoms with E-state index < -0.39 is 6.09 Å². The Morgan fingerprint density at radius 2 is 1.57 bits per heavy atom. The van der Waals surface area contributed by atoms with Crippen LogP contribution in [0.15, 0.2) is 60.7 Å². The predicted octanol–water partition coefficient (Wildman–Crippen LogP) is 2.90. The monoisotopic (exact) mass is 284 g/mol. The van der Waals surface area contributed by atoms with Crippen molar-refractivity contribution < 1.29 is 14.3 Å². The number of rotatable bonds is 4. The van der Waals surface area contributed by atoms with Crippen LogP contribution in [0.3, 0.4) is 0 Å². The molecule has 0 bridgehead atoms. The first-order chi connectivity index (χ1) is 10.2. The number of carbonyl (C=O) groups is 2. The Morgan fingerprint density at radius 3 is 2.19 bits per heavy atom. The van der Waals surface area contributed by atoms with Crippen LogP contribution in [0.2, 0.25) is 0 Å². The van der Waals surface area contributed by atoms with Gasteiger partial charge in [-0.1, -0.05) is 36.4 Å². The molecule has 0 fully saturated rings. The molecule has 0 aliphatic carbocycles. The zero-order chi connectivity index (χ0) is 15.1. The largest absolute Gasteiger partial charge is 0.439 e. The highest BCUT2D eigenvalue weighted by atomic mass is 16.6. The molecule has 1 N–H and O–H groups in total. The predicted molar refractivity (Wildman–Crippen MR) is 81.3 cm³/mol. The van der Waals surface area contributed by atoms with Crippen molar-refractivity contribution in [2.45, 2.75) is 0 Å². The summed E-state index contributed by atoms with van der Waals surface area (Å²) in [7, 11) is 1.64. The lowest BCUT2D eigenvalue weighted by molar-refractivity contribution is -0.121. The average Bonchev–Trinajstić information content (AvgIpc) is 2.53. The second-order valence-electron chi connectivity index (χ2n) is 4.36. The van der Waals surface area contributed by atoms with Gasteiger partial charge in [0.2, 0.25) is 0 Å². The Bertz CT molecular complexity index is 599. The van der Waals surface area contributed by atoms with Gasteiger partial charge in [0, 0.05) is 18.4 Å². The fraction of sp³-hybridized carbons (Fsp3) is 0.125. The van der Waals surface area contributed by atoms with Gasteiger partial charge >= 0.3 is 6.09 Å². The van der Waals surface area contributed by atoms with Crippen molar-refractivity contribution in [3.8, 4) is 0 Å². The number of hydrogen-bond donors (Lipinski definition) is 1. The van der Waals surface area contributed by atoms with Crippen molar-refractivity contribution in [2.75, 3.05) is 23.9 Å². The number of nitrogens with one attached hydrogen (secondary N) is 1. The number of hydrogen-bond acceptors (Lipinski definition) is 3. The van der Waals surface area contributed by atoms with E-state index in [2.05, 4.69) is 5.32 Å². The minimum atomic E-state index is -0.656. The van der Waals surface area contributed by atoms with Crippen LogP contribution in [-0.4, -0.2) is 25.7 Å². The molecule has 0 aliphatic heterocycles. The van der Waals surface area contributed by atoms with Crippen LogP contribution in [0.4, 0.5) is 16.2 Å². The molecule has 0 radical (unpaired) electrons. The van der Waals surface area contributed by atoms with Crippen molar-refractivity contribution in [1.82, 2.24) is 0 Å². The summed E-state index contributed by atoms with van der Waals surface area (Å²) in [5.41, 5.74) is 1.36. The van der Waals surface area contributed by atoms with Crippen LogP contribution in [-0.2, 0) is 9.53 Å². The summed E-state index contributed by atoms with van der Waals surface area (Å²) in [6.45, 7) is -0.315. The normalized spacial score (nSPS) is 9.76. The fourth-order valence-corrected chi connectivity index (χ4v) is 1.70. The number of carbonyl (C=O) groups excluding carboxylic acids is 2. The van der Waals surface area contributed by atoms with Crippen molar-refractivity contribution in [2.24, 2.45) is 0 Å². The molecule has 0 atom stereocenters. The van der Waals surface area contributed by atoms with Crippen molar-refractivity contribution in [1.29, 1.82) is 0 Å². The Hall–Kier alpha value is -2.82. The van der Waals surface area contributed by atoms with Crippen LogP contribution in [0.25, 0.3) is 0 Å². The third-order valence-electron chi connectivity index (χ3n) is 2.86. The number of amides is 2. The SMILES string of the molecule is CN(C(=O)COC(=O)Nc1ccccc1)c1ccccc1. The first kappa shape index (κ1) is 14.6. The Balaban J connectivity index is 1.82. The lowest BCUT2D eigenvalue weighted by Gasteiger charge is -2.17. The third-order valence-corrected chi connectivity index (χ3v) is 2.86. The highest BCUT2D eigenvalue weighted by Gasteiger charge is 2.13. The molecule has 0 aliphatic rings. The third kappa shape index (κ3) is 4.35. The lowest BCUT2D eigenvalue weighted by atomic mass is 10.3. The number of likely N-dealkylation sites (N-methyl/N-ethyl adjacent to an activating group) is 1. The standard InChI is InChI=1S/C16H16N2O3/c1-18(14-10-6-3-7-11-14)15(19)12-21-16(20)17-13-8-4-2-5-9-13/h2-11H,12H2,1H3,(H,17,20). The van der Waals surface area contributed by atoms with E-state index in [1.54, 1.807) is 31.3 Å². The Labute approximate surface area is 123 Å². The molecule has 2 amide bonds. The van der Waals surface area contributed by atoms with Gasteiger partial charge in [-0.3, -0.25) is 10.1 Å². The molecule has 2 aromatic rings. The molecule has 2 rings (SSSR count). The topological polar surface area (TPSA) is 58.6 Å². The number of benzene rings is 2. The number of ether oxygens (including phenoxy) is 1. The summed E-state index contributed by atoms with van der Waals surface area (Å²) in [5.74, 6) is -0.301. The number of nitrogens with zero attached hydrogens (tertiary/aromatic N) is 1. The van der Waals surface area contributed by atoms with Gasteiger partial charge in [-0.15, -0.1) is 0 Å². The number of para-hydroxylation sites is 2. The van der Waals surface area contributed by atoms with Gasteiger partial charge in [0.15, 0.2) is 6.61 Å². The minimum Gasteiger partial charge on any atom is -0.439 e. The minimum absolute atomic E-state index is 0.301. The molecular weight excluding hydrogens is 268 g/mol. The van der Waals surface area contributed by atoms with Crippen LogP contribution < -0.4 is 10.2 Å². The van der Waals surface area contributed by atoms with E-state index in [0.29, 0.717) is 5.69 Å². The van der Waals surface area contributed by atoms with Crippen LogP contribution >= 0.6 is 0 Å². The molecule has 2 aromatic carbocycles. The van der Waals surface area contributed by atoms with Crippen molar-refractivity contribution in [3.05, 3.63) is 60.7 Å². The molecule has 108 valence electrons. The molecule has 0 unspecified atom stereocenters. The second kappa shape index (κ2) is 7.09. The molecular formula is C16H16N2O3. The Kier molecular flexibility index (Phi) is 4.93. The van der Waals surface area contributed by atoms with E-state index in [1.807, 2.05) is 36.4 Å². The quantitative estimate of drug-likeness (QED) is 0.939. The van der Waals surface area contributed by atoms with E-state index in [-0.39, 0.29) is 12.5 Å². The maximum absolute atomic E-state index is 11.9. The van der Waals surface area contributed by atoms with Gasteiger partial charge in [0.25, 0.3) is 5.91 Å². The summed E-state index contributed by atoms with van der Waals surface area (Å²) in [6, 6.07) is 18.1. The molecule has 0 aromatic heterocycles. The maximum Gasteiger partial charge on any atom is 0.412 e. The summed E-state index contributed by atoms with van der Waals surface area (Å²) < 4.78 is 4.91. The van der Waals surface area contributed by atoms with Crippen molar-refractivity contribution in [3.63, 3.8) is 0 Å². The van der Waals surface area contributed by atoms with Gasteiger partial charge in [-0.25, -0.2) is 4.79 Å². The molecule has 0 heterocycles. The molecule has 5 nitrogen and oxygen atoms in total. The summed E-state index contributed by atoms with van der Waals surface area (Å²) >= 11 is 0. The summed E-state index contributed by atoms with van der Waals surface area (Å²) in [6.07, 6.45) is -0.656. The zero-order valence-electron chi connectivity index (χ0n) is 11.7. The number of anilines is 2. The summed E-state index contributed by atoms with van der Waals surface area (Å²) in [5, 5.41) is 2.54. The average molecular weight is 284 g/mol. The zero-order valence-corrected chi connectivity index (χ0v) is 11.7. The van der Waals surface area contributed by atoms with E-state index in [1.165, 1.54) is 4.90 Å². The lowest BCUT2D eigenvalue weighted by Crippen LogP contribution is -2.31. The molecule has 0 saturated heterocycles.